The van der Waals surface area contributed by atoms with Gasteiger partial charge in [-0.3, -0.25) is 9.78 Å². The van der Waals surface area contributed by atoms with Crippen molar-refractivity contribution in [2.24, 2.45) is 5.92 Å². The predicted molar refractivity (Wildman–Crippen MR) is 156 cm³/mol. The molecule has 1 fully saturated rings. The Balaban J connectivity index is 1.29. The number of benzene rings is 2. The fourth-order valence-electron chi connectivity index (χ4n) is 5.35. The second-order valence-electron chi connectivity index (χ2n) is 10.1. The lowest BCUT2D eigenvalue weighted by atomic mass is 9.96. The molecule has 1 amide bonds. The van der Waals surface area contributed by atoms with E-state index >= 15 is 0 Å². The molecule has 0 radical (unpaired) electrons. The number of anilines is 1. The van der Waals surface area contributed by atoms with Crippen molar-refractivity contribution in [3.8, 4) is 22.4 Å². The molecule has 1 atom stereocenters. The molecule has 6 rings (SSSR count). The average molecular weight is 531 g/mol. The Kier molecular flexibility index (Phi) is 7.41. The molecule has 8 nitrogen and oxygen atoms in total. The molecule has 0 aliphatic carbocycles. The first-order valence-electron chi connectivity index (χ1n) is 13.7. The van der Waals surface area contributed by atoms with Gasteiger partial charge in [0.05, 0.1) is 17.8 Å². The van der Waals surface area contributed by atoms with E-state index in [1.807, 2.05) is 30.3 Å². The molecule has 0 bridgehead atoms. The number of fused-ring (bicyclic) bond motifs is 1. The van der Waals surface area contributed by atoms with Crippen LogP contribution in [0.5, 0.6) is 0 Å². The van der Waals surface area contributed by atoms with E-state index in [1.54, 1.807) is 18.6 Å². The first-order chi connectivity index (χ1) is 19.7. The van der Waals surface area contributed by atoms with E-state index in [-0.39, 0.29) is 5.91 Å². The molecule has 0 saturated carbocycles. The molecular formula is C32H32N7O+. The zero-order valence-corrected chi connectivity index (χ0v) is 22.3. The van der Waals surface area contributed by atoms with Crippen molar-refractivity contribution in [2.75, 3.05) is 24.5 Å². The van der Waals surface area contributed by atoms with Gasteiger partial charge in [-0.2, -0.15) is 0 Å². The Labute approximate surface area is 233 Å². The van der Waals surface area contributed by atoms with Crippen molar-refractivity contribution in [1.82, 2.24) is 25.3 Å². The number of nitrogens with zero attached hydrogens (tertiary/aromatic N) is 5. The Bertz CT molecular complexity index is 1610. The quantitative estimate of drug-likeness (QED) is 0.327. The predicted octanol–water partition coefficient (Wildman–Crippen LogP) is 4.14. The Morgan fingerprint density at radius 1 is 0.925 bits per heavy atom. The third kappa shape index (κ3) is 5.39. The van der Waals surface area contributed by atoms with E-state index in [2.05, 4.69) is 73.4 Å². The Morgan fingerprint density at radius 3 is 2.50 bits per heavy atom. The van der Waals surface area contributed by atoms with Crippen LogP contribution in [-0.4, -0.2) is 45.5 Å². The minimum absolute atomic E-state index is 0.188. The van der Waals surface area contributed by atoms with E-state index in [9.17, 15) is 4.79 Å². The van der Waals surface area contributed by atoms with Crippen LogP contribution in [0.2, 0.25) is 0 Å². The maximum absolute atomic E-state index is 13.5. The van der Waals surface area contributed by atoms with Crippen LogP contribution in [0.25, 0.3) is 33.3 Å². The molecule has 1 unspecified atom stereocenters. The van der Waals surface area contributed by atoms with Gasteiger partial charge in [-0.15, -0.1) is 0 Å². The fraction of sp³-hybridized carbons (Fsp3) is 0.219. The van der Waals surface area contributed by atoms with Crippen molar-refractivity contribution >= 4 is 22.8 Å². The number of carbonyl (C=O) groups is 1. The monoisotopic (exact) mass is 530 g/mol. The second-order valence-corrected chi connectivity index (χ2v) is 10.1. The molecular weight excluding hydrogens is 498 g/mol. The summed E-state index contributed by atoms with van der Waals surface area (Å²) in [5.74, 6) is 0.861. The largest absolute Gasteiger partial charge is 0.354 e. The molecule has 40 heavy (non-hydrogen) atoms. The number of carbonyl (C=O) groups excluding carboxylic acids is 1. The number of aromatic nitrogens is 4. The molecule has 4 heterocycles. The molecule has 1 aliphatic heterocycles. The van der Waals surface area contributed by atoms with Gasteiger partial charge in [0.2, 0.25) is 5.95 Å². The summed E-state index contributed by atoms with van der Waals surface area (Å²) in [6.45, 7) is 3.03. The van der Waals surface area contributed by atoms with Crippen molar-refractivity contribution in [2.45, 2.75) is 19.4 Å². The third-order valence-corrected chi connectivity index (χ3v) is 7.46. The van der Waals surface area contributed by atoms with E-state index in [0.717, 1.165) is 71.7 Å². The summed E-state index contributed by atoms with van der Waals surface area (Å²) in [5.41, 5.74) is 10.2. The minimum atomic E-state index is -0.188. The Morgan fingerprint density at radius 2 is 1.73 bits per heavy atom. The SMILES string of the molecule is [NH3+]Cc1ccc(-c2nc3ccnc(C(=O)NCC4CCCN(c5ncccn5)C4)c3cc2-c2ccccc2)cc1. The van der Waals surface area contributed by atoms with Crippen LogP contribution in [0.3, 0.4) is 0 Å². The van der Waals surface area contributed by atoms with Gasteiger partial charge < -0.3 is 16.0 Å². The molecule has 1 aliphatic rings. The van der Waals surface area contributed by atoms with Gasteiger partial charge in [-0.05, 0) is 42.5 Å². The minimum Gasteiger partial charge on any atom is -0.354 e. The molecule has 200 valence electrons. The van der Waals surface area contributed by atoms with E-state index in [4.69, 9.17) is 4.98 Å². The number of hydrogen-bond acceptors (Lipinski definition) is 6. The lowest BCUT2D eigenvalue weighted by Gasteiger charge is -2.32. The number of pyridine rings is 2. The van der Waals surface area contributed by atoms with E-state index < -0.39 is 0 Å². The van der Waals surface area contributed by atoms with Gasteiger partial charge >= 0.3 is 0 Å². The summed E-state index contributed by atoms with van der Waals surface area (Å²) in [6.07, 6.45) is 7.27. The number of piperidine rings is 1. The highest BCUT2D eigenvalue weighted by molar-refractivity contribution is 6.06. The zero-order chi connectivity index (χ0) is 27.3. The number of quaternary nitrogens is 1. The molecule has 4 N–H and O–H groups in total. The van der Waals surface area contributed by atoms with Gasteiger partial charge in [-0.1, -0.05) is 54.6 Å². The first kappa shape index (κ1) is 25.6. The van der Waals surface area contributed by atoms with Crippen LogP contribution in [0.4, 0.5) is 5.95 Å². The molecule has 0 spiro atoms. The Hall–Kier alpha value is -4.69. The summed E-state index contributed by atoms with van der Waals surface area (Å²) in [7, 11) is 0. The van der Waals surface area contributed by atoms with Crippen LogP contribution in [0, 0.1) is 5.92 Å². The highest BCUT2D eigenvalue weighted by atomic mass is 16.1. The van der Waals surface area contributed by atoms with Crippen molar-refractivity contribution in [1.29, 1.82) is 0 Å². The summed E-state index contributed by atoms with van der Waals surface area (Å²) in [5, 5.41) is 3.88. The first-order valence-corrected chi connectivity index (χ1v) is 13.7. The highest BCUT2D eigenvalue weighted by Crippen LogP contribution is 2.34. The number of nitrogens with one attached hydrogen (secondary N) is 1. The lowest BCUT2D eigenvalue weighted by molar-refractivity contribution is -0.386. The summed E-state index contributed by atoms with van der Waals surface area (Å²) in [6, 6.07) is 24.3. The van der Waals surface area contributed by atoms with Crippen LogP contribution >= 0.6 is 0 Å². The zero-order valence-electron chi connectivity index (χ0n) is 22.3. The van der Waals surface area contributed by atoms with Crippen LogP contribution < -0.4 is 16.0 Å². The van der Waals surface area contributed by atoms with Gasteiger partial charge in [0.25, 0.3) is 5.91 Å². The summed E-state index contributed by atoms with van der Waals surface area (Å²) in [4.78, 5) is 34.0. The van der Waals surface area contributed by atoms with Crippen LogP contribution in [-0.2, 0) is 6.54 Å². The van der Waals surface area contributed by atoms with Crippen molar-refractivity contribution < 1.29 is 10.5 Å². The number of amides is 1. The van der Waals surface area contributed by atoms with Crippen LogP contribution in [0.1, 0.15) is 28.9 Å². The van der Waals surface area contributed by atoms with Crippen molar-refractivity contribution in [3.05, 3.63) is 103 Å². The normalized spacial score (nSPS) is 15.2. The van der Waals surface area contributed by atoms with Gasteiger partial charge in [0.1, 0.15) is 5.69 Å². The van der Waals surface area contributed by atoms with Gasteiger partial charge in [-0.25, -0.2) is 15.0 Å². The van der Waals surface area contributed by atoms with Gasteiger partial charge in [0.15, 0.2) is 0 Å². The standard InChI is InChI=1S/C32H31N7O/c33-19-22-9-11-25(12-10-22)29-26(24-7-2-1-3-8-24)18-27-28(38-29)13-16-34-30(27)31(40)37-20-23-6-4-17-39(21-23)32-35-14-5-15-36-32/h1-3,5,7-16,18,23H,4,6,17,19-21,33H2,(H,37,40)/p+1. The molecule has 2 aromatic carbocycles. The smallest absolute Gasteiger partial charge is 0.270 e. The topological polar surface area (TPSA) is 112 Å². The lowest BCUT2D eigenvalue weighted by Crippen LogP contribution is -2.47. The highest BCUT2D eigenvalue weighted by Gasteiger charge is 2.23. The molecule has 3 aromatic heterocycles. The molecule has 1 saturated heterocycles. The number of hydrogen-bond donors (Lipinski definition) is 2. The third-order valence-electron chi connectivity index (χ3n) is 7.46. The summed E-state index contributed by atoms with van der Waals surface area (Å²) < 4.78 is 0. The second kappa shape index (κ2) is 11.6. The average Bonchev–Trinajstić information content (AvgIpc) is 3.03. The maximum Gasteiger partial charge on any atom is 0.270 e. The number of rotatable bonds is 7. The molecule has 5 aromatic rings. The maximum atomic E-state index is 13.5. The fourth-order valence-corrected chi connectivity index (χ4v) is 5.35. The summed E-state index contributed by atoms with van der Waals surface area (Å²) >= 11 is 0. The van der Waals surface area contributed by atoms with Gasteiger partial charge in [0, 0.05) is 60.3 Å². The van der Waals surface area contributed by atoms with Crippen LogP contribution in [0.15, 0.2) is 91.4 Å². The van der Waals surface area contributed by atoms with E-state index in [1.165, 1.54) is 5.56 Å². The van der Waals surface area contributed by atoms with E-state index in [0.29, 0.717) is 18.2 Å². The van der Waals surface area contributed by atoms with Crippen molar-refractivity contribution in [3.63, 3.8) is 0 Å². The molecule has 8 heteroatoms.